The van der Waals surface area contributed by atoms with Gasteiger partial charge in [-0.15, -0.1) is 23.5 Å². The van der Waals surface area contributed by atoms with Crippen LogP contribution in [0.4, 0.5) is 4.39 Å². The summed E-state index contributed by atoms with van der Waals surface area (Å²) in [5.74, 6) is 3.04. The average Bonchev–Trinajstić information content (AvgIpc) is 2.89. The molecule has 2 aliphatic heterocycles. The molecule has 2 aromatic rings. The van der Waals surface area contributed by atoms with Crippen LogP contribution in [0, 0.1) is 11.7 Å². The summed E-state index contributed by atoms with van der Waals surface area (Å²) in [5.41, 5.74) is 1.98. The number of halogens is 1. The van der Waals surface area contributed by atoms with Gasteiger partial charge in [-0.05, 0) is 98.7 Å². The molecule has 4 rings (SSSR count). The van der Waals surface area contributed by atoms with Crippen molar-refractivity contribution in [3.63, 3.8) is 0 Å². The highest BCUT2D eigenvalue weighted by Gasteiger charge is 2.43. The van der Waals surface area contributed by atoms with E-state index < -0.39 is 0 Å². The minimum Gasteiger partial charge on any atom is -0.496 e. The fraction of sp³-hybridized carbons (Fsp3) is 0.536. The molecule has 4 nitrogen and oxygen atoms in total. The van der Waals surface area contributed by atoms with E-state index in [0.29, 0.717) is 5.56 Å². The third kappa shape index (κ3) is 6.44. The van der Waals surface area contributed by atoms with Crippen LogP contribution in [0.1, 0.15) is 49.0 Å². The number of methoxy groups -OCH3 is 1. The number of likely N-dealkylation sites (tertiary alicyclic amines) is 1. The van der Waals surface area contributed by atoms with Gasteiger partial charge in [-0.3, -0.25) is 4.79 Å². The van der Waals surface area contributed by atoms with Crippen molar-refractivity contribution in [3.05, 3.63) is 59.4 Å². The van der Waals surface area contributed by atoms with Crippen LogP contribution in [0.3, 0.4) is 0 Å². The molecule has 36 heavy (non-hydrogen) atoms. The predicted octanol–water partition coefficient (Wildman–Crippen LogP) is 6.80. The molecule has 196 valence electrons. The van der Waals surface area contributed by atoms with Gasteiger partial charge >= 0.3 is 0 Å². The molecule has 0 bridgehead atoms. The fourth-order valence-electron chi connectivity index (χ4n) is 5.22. The highest BCUT2D eigenvalue weighted by molar-refractivity contribution is 8.17. The number of piperidine rings is 1. The van der Waals surface area contributed by atoms with E-state index in [1.165, 1.54) is 22.6 Å². The van der Waals surface area contributed by atoms with Crippen LogP contribution in [0.2, 0.25) is 0 Å². The molecule has 2 aromatic carbocycles. The molecule has 0 radical (unpaired) electrons. The van der Waals surface area contributed by atoms with Gasteiger partial charge in [0, 0.05) is 35.0 Å². The van der Waals surface area contributed by atoms with E-state index in [2.05, 4.69) is 41.3 Å². The molecule has 0 aliphatic carbocycles. The van der Waals surface area contributed by atoms with Gasteiger partial charge < -0.3 is 9.64 Å². The first-order valence-electron chi connectivity index (χ1n) is 12.9. The van der Waals surface area contributed by atoms with E-state index in [1.807, 2.05) is 35.5 Å². The van der Waals surface area contributed by atoms with Crippen molar-refractivity contribution in [2.45, 2.75) is 42.1 Å². The van der Waals surface area contributed by atoms with E-state index in [0.717, 1.165) is 69.2 Å². The Bertz CT molecular complexity index is 1010. The molecular weight excluding hydrogens is 512 g/mol. The van der Waals surface area contributed by atoms with Gasteiger partial charge in [-0.25, -0.2) is 8.70 Å². The maximum Gasteiger partial charge on any atom is 0.166 e. The second-order valence-corrected chi connectivity index (χ2v) is 13.8. The Morgan fingerprint density at radius 1 is 1.08 bits per heavy atom. The van der Waals surface area contributed by atoms with E-state index in [4.69, 9.17) is 4.74 Å². The first kappa shape index (κ1) is 27.8. The number of hydrogen-bond acceptors (Lipinski definition) is 7. The second kappa shape index (κ2) is 13.1. The minimum absolute atomic E-state index is 0.0181. The summed E-state index contributed by atoms with van der Waals surface area (Å²) in [6.07, 6.45) is 2.86. The van der Waals surface area contributed by atoms with Gasteiger partial charge in [0.15, 0.2) is 5.78 Å². The monoisotopic (exact) mass is 548 g/mol. The standard InChI is InChI=1S/C28H37FN2O2S3/c1-4-34-28(35-5-2)20-31(36-25-9-6-8-24(33-3)26(25)28)17-7-16-30-18-14-22(15-19-30)27(32)21-10-12-23(29)13-11-21/h6,8-13,22H,4-5,7,14-20H2,1-3H3. The van der Waals surface area contributed by atoms with Crippen molar-refractivity contribution >= 4 is 41.3 Å². The summed E-state index contributed by atoms with van der Waals surface area (Å²) in [4.78, 5) is 16.6. The van der Waals surface area contributed by atoms with Gasteiger partial charge in [0.1, 0.15) is 15.6 Å². The van der Waals surface area contributed by atoms with Gasteiger partial charge in [-0.2, -0.15) is 0 Å². The Balaban J connectivity index is 1.32. The predicted molar refractivity (Wildman–Crippen MR) is 153 cm³/mol. The minimum atomic E-state index is -0.297. The quantitative estimate of drug-likeness (QED) is 0.173. The van der Waals surface area contributed by atoms with Crippen molar-refractivity contribution in [1.82, 2.24) is 9.21 Å². The number of ether oxygens (including phenoxy) is 1. The van der Waals surface area contributed by atoms with Crippen molar-refractivity contribution in [2.75, 3.05) is 51.3 Å². The lowest BCUT2D eigenvalue weighted by Gasteiger charge is -2.43. The van der Waals surface area contributed by atoms with Crippen LogP contribution < -0.4 is 4.74 Å². The lowest BCUT2D eigenvalue weighted by molar-refractivity contribution is 0.0838. The molecule has 2 heterocycles. The molecule has 2 aliphatic rings. The van der Waals surface area contributed by atoms with Crippen molar-refractivity contribution in [1.29, 1.82) is 0 Å². The van der Waals surface area contributed by atoms with Crippen molar-refractivity contribution < 1.29 is 13.9 Å². The zero-order valence-corrected chi connectivity index (χ0v) is 24.0. The Labute approximate surface area is 228 Å². The summed E-state index contributed by atoms with van der Waals surface area (Å²) in [6.45, 7) is 9.47. The molecule has 8 heteroatoms. The maximum absolute atomic E-state index is 13.2. The molecule has 1 fully saturated rings. The number of ketones is 1. The summed E-state index contributed by atoms with van der Waals surface area (Å²) in [5, 5.41) is 0. The molecular formula is C28H37FN2O2S3. The van der Waals surface area contributed by atoms with Crippen LogP contribution in [0.25, 0.3) is 0 Å². The maximum atomic E-state index is 13.2. The van der Waals surface area contributed by atoms with Crippen LogP contribution in [-0.4, -0.2) is 66.3 Å². The lowest BCUT2D eigenvalue weighted by Crippen LogP contribution is -2.40. The highest BCUT2D eigenvalue weighted by Crippen LogP contribution is 2.57. The number of thioether (sulfide) groups is 2. The van der Waals surface area contributed by atoms with Gasteiger partial charge in [0.05, 0.1) is 7.11 Å². The molecule has 0 N–H and O–H groups in total. The zero-order valence-electron chi connectivity index (χ0n) is 21.5. The third-order valence-corrected chi connectivity index (χ3v) is 10.9. The number of rotatable bonds is 11. The van der Waals surface area contributed by atoms with E-state index >= 15 is 0 Å². The Morgan fingerprint density at radius 3 is 2.42 bits per heavy atom. The van der Waals surface area contributed by atoms with E-state index in [-0.39, 0.29) is 21.6 Å². The molecule has 0 unspecified atom stereocenters. The number of benzene rings is 2. The molecule has 0 amide bonds. The Kier molecular flexibility index (Phi) is 10.1. The zero-order chi connectivity index (χ0) is 25.5. The largest absolute Gasteiger partial charge is 0.496 e. The molecule has 0 saturated carbocycles. The topological polar surface area (TPSA) is 32.8 Å². The number of carbonyl (C=O) groups is 1. The second-order valence-electron chi connectivity index (χ2n) is 9.25. The number of Topliss-reactive ketones (excluding diaryl/α,β-unsaturated/α-hetero) is 1. The molecule has 0 aromatic heterocycles. The number of hydrogen-bond donors (Lipinski definition) is 0. The first-order chi connectivity index (χ1) is 17.5. The summed E-state index contributed by atoms with van der Waals surface area (Å²) in [6, 6.07) is 12.4. The normalized spacial score (nSPS) is 18.7. The van der Waals surface area contributed by atoms with Crippen LogP contribution in [-0.2, 0) is 4.08 Å². The first-order valence-corrected chi connectivity index (χ1v) is 15.6. The SMILES string of the molecule is CCSC1(SCC)CN(CCCN2CCC(C(=O)c3ccc(F)cc3)CC2)Sc2cccc(OC)c21. The van der Waals surface area contributed by atoms with Crippen molar-refractivity contribution in [2.24, 2.45) is 5.92 Å². The summed E-state index contributed by atoms with van der Waals surface area (Å²) >= 11 is 5.92. The van der Waals surface area contributed by atoms with Crippen molar-refractivity contribution in [3.8, 4) is 5.75 Å². The smallest absolute Gasteiger partial charge is 0.166 e. The van der Waals surface area contributed by atoms with E-state index in [9.17, 15) is 9.18 Å². The summed E-state index contributed by atoms with van der Waals surface area (Å²) < 4.78 is 21.5. The van der Waals surface area contributed by atoms with Crippen LogP contribution in [0.5, 0.6) is 5.75 Å². The number of fused-ring (bicyclic) bond motifs is 1. The Hall–Kier alpha value is -1.19. The molecule has 0 spiro atoms. The third-order valence-electron chi connectivity index (χ3n) is 6.92. The highest BCUT2D eigenvalue weighted by atomic mass is 32.2. The van der Waals surface area contributed by atoms with Gasteiger partial charge in [0.25, 0.3) is 0 Å². The van der Waals surface area contributed by atoms with Gasteiger partial charge in [0.2, 0.25) is 0 Å². The van der Waals surface area contributed by atoms with Gasteiger partial charge in [-0.1, -0.05) is 19.9 Å². The molecule has 1 saturated heterocycles. The van der Waals surface area contributed by atoms with E-state index in [1.54, 1.807) is 19.2 Å². The van der Waals surface area contributed by atoms with Crippen LogP contribution >= 0.6 is 35.5 Å². The average molecular weight is 549 g/mol. The fourth-order valence-corrected chi connectivity index (χ4v) is 9.95. The number of carbonyl (C=O) groups excluding carboxylic acids is 1. The summed E-state index contributed by atoms with van der Waals surface area (Å²) in [7, 11) is 1.78. The van der Waals surface area contributed by atoms with Crippen LogP contribution in [0.15, 0.2) is 47.4 Å². The molecule has 0 atom stereocenters. The Morgan fingerprint density at radius 2 is 1.78 bits per heavy atom. The number of nitrogens with zero attached hydrogens (tertiary/aromatic N) is 2. The lowest BCUT2D eigenvalue weighted by atomic mass is 9.89.